The minimum Gasteiger partial charge on any atom is -0.321 e. The first-order valence-corrected chi connectivity index (χ1v) is 12.2. The van der Waals surface area contributed by atoms with E-state index in [0.717, 1.165) is 43.9 Å². The summed E-state index contributed by atoms with van der Waals surface area (Å²) in [4.78, 5) is 30.3. The van der Waals surface area contributed by atoms with E-state index in [0.29, 0.717) is 22.7 Å². The Morgan fingerprint density at radius 3 is 2.00 bits per heavy atom. The lowest BCUT2D eigenvalue weighted by molar-refractivity contribution is -1.05. The van der Waals surface area contributed by atoms with E-state index in [1.165, 1.54) is 48.3 Å². The number of carbonyl (C=O) groups is 2. The Kier molecular flexibility index (Phi) is 4.52. The van der Waals surface area contributed by atoms with Crippen LogP contribution in [0.4, 0.5) is 5.69 Å². The standard InChI is InChI=1S/C24H30ClN3O2/c25-19-1-3-20(4-2-19)28-22(29)12-21(23(28)30)26-5-7-27(8-6-26)24-13-16-9-17(14-24)11-18(10-16)15-24/h1-4,16-18,21H,5-15H2/p+2/t16?,17?,18?,21-,24?/m0/s1. The van der Waals surface area contributed by atoms with Crippen molar-refractivity contribution < 1.29 is 19.4 Å². The number of anilines is 1. The molecule has 6 aliphatic rings. The number of piperazine rings is 1. The zero-order valence-corrected chi connectivity index (χ0v) is 18.3. The number of carbonyl (C=O) groups excluding carboxylic acids is 2. The van der Waals surface area contributed by atoms with Crippen molar-refractivity contribution in [1.29, 1.82) is 0 Å². The largest absolute Gasteiger partial charge is 0.321 e. The normalized spacial score (nSPS) is 42.9. The third-order valence-corrected chi connectivity index (χ3v) is 9.26. The maximum absolute atomic E-state index is 13.1. The number of hydrogen-bond acceptors (Lipinski definition) is 2. The summed E-state index contributed by atoms with van der Waals surface area (Å²) in [5, 5.41) is 0.615. The Morgan fingerprint density at radius 2 is 1.43 bits per heavy atom. The second kappa shape index (κ2) is 7.04. The van der Waals surface area contributed by atoms with Crippen molar-refractivity contribution in [3.63, 3.8) is 0 Å². The molecular weight excluding hydrogens is 398 g/mol. The van der Waals surface area contributed by atoms with Gasteiger partial charge in [0, 0.05) is 24.3 Å². The molecule has 5 nitrogen and oxygen atoms in total. The van der Waals surface area contributed by atoms with E-state index in [9.17, 15) is 9.59 Å². The first-order valence-electron chi connectivity index (χ1n) is 11.8. The molecule has 4 bridgehead atoms. The minimum absolute atomic E-state index is 0.0319. The van der Waals surface area contributed by atoms with E-state index < -0.39 is 0 Å². The molecule has 7 rings (SSSR count). The molecule has 1 aromatic rings. The van der Waals surface area contributed by atoms with Crippen LogP contribution in [0.25, 0.3) is 0 Å². The lowest BCUT2D eigenvalue weighted by Crippen LogP contribution is -3.33. The molecular formula is C24H32ClN3O2+2. The summed E-state index contributed by atoms with van der Waals surface area (Å²) < 4.78 is 0. The number of hydrogen-bond donors (Lipinski definition) is 2. The smallest absolute Gasteiger partial charge is 0.292 e. The quantitative estimate of drug-likeness (QED) is 0.696. The van der Waals surface area contributed by atoms with E-state index >= 15 is 0 Å². The molecule has 2 aliphatic heterocycles. The van der Waals surface area contributed by atoms with E-state index in [-0.39, 0.29) is 17.9 Å². The van der Waals surface area contributed by atoms with Gasteiger partial charge in [-0.1, -0.05) is 11.6 Å². The average molecular weight is 430 g/mol. The highest BCUT2D eigenvalue weighted by Crippen LogP contribution is 2.54. The monoisotopic (exact) mass is 429 g/mol. The fourth-order valence-electron chi connectivity index (χ4n) is 8.11. The number of amides is 2. The van der Waals surface area contributed by atoms with Gasteiger partial charge in [-0.05, 0) is 61.3 Å². The second-order valence-corrected chi connectivity index (χ2v) is 11.2. The highest BCUT2D eigenvalue weighted by molar-refractivity contribution is 6.30. The van der Waals surface area contributed by atoms with Crippen molar-refractivity contribution >= 4 is 29.1 Å². The van der Waals surface area contributed by atoms with Gasteiger partial charge in [-0.25, -0.2) is 4.90 Å². The number of rotatable bonds is 3. The molecule has 4 aliphatic carbocycles. The molecule has 6 heteroatoms. The molecule has 2 amide bonds. The van der Waals surface area contributed by atoms with Gasteiger partial charge in [-0.2, -0.15) is 0 Å². The van der Waals surface area contributed by atoms with Crippen LogP contribution in [-0.2, 0) is 9.59 Å². The summed E-state index contributed by atoms with van der Waals surface area (Å²) in [7, 11) is 0. The van der Waals surface area contributed by atoms with Gasteiger partial charge in [0.1, 0.15) is 26.2 Å². The molecule has 1 aromatic carbocycles. The summed E-state index contributed by atoms with van der Waals surface area (Å²) in [5.74, 6) is 2.84. The average Bonchev–Trinajstić information content (AvgIpc) is 3.02. The highest BCUT2D eigenvalue weighted by atomic mass is 35.5. The molecule has 6 fully saturated rings. The van der Waals surface area contributed by atoms with E-state index in [1.807, 2.05) is 4.90 Å². The molecule has 0 spiro atoms. The van der Waals surface area contributed by atoms with Crippen LogP contribution in [0.3, 0.4) is 0 Å². The van der Waals surface area contributed by atoms with Crippen molar-refractivity contribution in [3.05, 3.63) is 29.3 Å². The molecule has 0 unspecified atom stereocenters. The number of halogens is 1. The lowest BCUT2D eigenvalue weighted by Gasteiger charge is -2.58. The Bertz CT molecular complexity index is 826. The number of imide groups is 1. The van der Waals surface area contributed by atoms with Crippen LogP contribution in [-0.4, -0.2) is 49.6 Å². The van der Waals surface area contributed by atoms with Gasteiger partial charge in [0.05, 0.1) is 17.6 Å². The number of nitrogens with zero attached hydrogens (tertiary/aromatic N) is 1. The van der Waals surface area contributed by atoms with Crippen LogP contribution >= 0.6 is 11.6 Å². The summed E-state index contributed by atoms with van der Waals surface area (Å²) in [5.41, 5.74) is 1.18. The van der Waals surface area contributed by atoms with Gasteiger partial charge < -0.3 is 9.80 Å². The van der Waals surface area contributed by atoms with Gasteiger partial charge in [0.15, 0.2) is 6.04 Å². The third kappa shape index (κ3) is 3.04. The molecule has 1 atom stereocenters. The summed E-state index contributed by atoms with van der Waals surface area (Å²) in [6.45, 7) is 4.32. The maximum Gasteiger partial charge on any atom is 0.292 e. The second-order valence-electron chi connectivity index (χ2n) is 10.8. The Balaban J connectivity index is 1.13. The molecule has 0 radical (unpaired) electrons. The first-order chi connectivity index (χ1) is 14.5. The van der Waals surface area contributed by atoms with Gasteiger partial charge in [-0.3, -0.25) is 9.59 Å². The van der Waals surface area contributed by atoms with Gasteiger partial charge in [-0.15, -0.1) is 0 Å². The first kappa shape index (κ1) is 19.3. The molecule has 4 saturated carbocycles. The lowest BCUT2D eigenvalue weighted by atomic mass is 9.52. The molecule has 30 heavy (non-hydrogen) atoms. The van der Waals surface area contributed by atoms with Crippen LogP contribution in [0.2, 0.25) is 5.02 Å². The van der Waals surface area contributed by atoms with E-state index in [2.05, 4.69) is 0 Å². The van der Waals surface area contributed by atoms with E-state index in [1.54, 1.807) is 24.3 Å². The van der Waals surface area contributed by atoms with Crippen molar-refractivity contribution in [3.8, 4) is 0 Å². The number of quaternary nitrogens is 2. The summed E-state index contributed by atoms with van der Waals surface area (Å²) in [6, 6.07) is 6.80. The molecule has 160 valence electrons. The fourth-order valence-corrected chi connectivity index (χ4v) is 8.23. The zero-order chi connectivity index (χ0) is 20.5. The minimum atomic E-state index is -0.217. The van der Waals surface area contributed by atoms with Crippen molar-refractivity contribution in [2.45, 2.75) is 56.5 Å². The van der Waals surface area contributed by atoms with Gasteiger partial charge >= 0.3 is 0 Å². The van der Waals surface area contributed by atoms with Gasteiger partial charge in [0.2, 0.25) is 5.91 Å². The fraction of sp³-hybridized carbons (Fsp3) is 0.667. The topological polar surface area (TPSA) is 46.3 Å². The zero-order valence-electron chi connectivity index (χ0n) is 17.5. The van der Waals surface area contributed by atoms with Crippen molar-refractivity contribution in [2.24, 2.45) is 17.8 Å². The maximum atomic E-state index is 13.1. The Hall–Kier alpha value is -1.43. The van der Waals surface area contributed by atoms with Crippen LogP contribution in [0.1, 0.15) is 44.9 Å². The van der Waals surface area contributed by atoms with E-state index in [4.69, 9.17) is 11.6 Å². The van der Waals surface area contributed by atoms with Crippen molar-refractivity contribution in [1.82, 2.24) is 0 Å². The van der Waals surface area contributed by atoms with Crippen LogP contribution < -0.4 is 14.7 Å². The third-order valence-electron chi connectivity index (χ3n) is 9.01. The summed E-state index contributed by atoms with van der Waals surface area (Å²) in [6.07, 6.45) is 9.12. The summed E-state index contributed by atoms with van der Waals surface area (Å²) >= 11 is 5.97. The SMILES string of the molecule is O=C1C[C@H]([NH+]2CC[NH+](C34CC5CC(CC(C5)C3)C4)CC2)C(=O)N1c1ccc(Cl)cc1. The van der Waals surface area contributed by atoms with Gasteiger partial charge in [0.25, 0.3) is 5.91 Å². The molecule has 2 saturated heterocycles. The Labute approximate surface area is 183 Å². The predicted molar refractivity (Wildman–Crippen MR) is 115 cm³/mol. The van der Waals surface area contributed by atoms with Crippen molar-refractivity contribution in [2.75, 3.05) is 31.1 Å². The number of benzene rings is 1. The molecule has 0 aromatic heterocycles. The van der Waals surface area contributed by atoms with Crippen LogP contribution in [0.5, 0.6) is 0 Å². The van der Waals surface area contributed by atoms with Crippen LogP contribution in [0, 0.1) is 17.8 Å². The number of nitrogens with one attached hydrogen (secondary N) is 2. The predicted octanol–water partition coefficient (Wildman–Crippen LogP) is 0.724. The highest BCUT2D eigenvalue weighted by Gasteiger charge is 2.57. The molecule has 2 N–H and O–H groups in total. The Morgan fingerprint density at radius 1 is 0.867 bits per heavy atom. The van der Waals surface area contributed by atoms with Crippen LogP contribution in [0.15, 0.2) is 24.3 Å². The molecule has 2 heterocycles.